The van der Waals surface area contributed by atoms with Crippen LogP contribution in [0.4, 0.5) is 0 Å². The van der Waals surface area contributed by atoms with E-state index in [1.54, 1.807) is 0 Å². The molecule has 0 aromatic carbocycles. The number of esters is 1. The van der Waals surface area contributed by atoms with Crippen LogP contribution in [0.25, 0.3) is 0 Å². The summed E-state index contributed by atoms with van der Waals surface area (Å²) in [6.07, 6.45) is 2.67. The van der Waals surface area contributed by atoms with Crippen LogP contribution >= 0.6 is 0 Å². The summed E-state index contributed by atoms with van der Waals surface area (Å²) in [6.45, 7) is 11.9. The molecule has 2 heteroatoms. The van der Waals surface area contributed by atoms with E-state index in [1.165, 1.54) is 0 Å². The van der Waals surface area contributed by atoms with Gasteiger partial charge in [0.2, 0.25) is 0 Å². The van der Waals surface area contributed by atoms with Gasteiger partial charge < -0.3 is 4.74 Å². The lowest BCUT2D eigenvalue weighted by atomic mass is 9.92. The Bertz CT molecular complexity index is 177. The maximum atomic E-state index is 11.7. The Balaban J connectivity index is 4.54. The predicted octanol–water partition coefficient (Wildman–Crippen LogP) is 3.54. The molecule has 0 radical (unpaired) electrons. The summed E-state index contributed by atoms with van der Waals surface area (Å²) in [4.78, 5) is 11.7. The monoisotopic (exact) mass is 200 g/mol. The van der Waals surface area contributed by atoms with Crippen molar-refractivity contribution in [3.8, 4) is 0 Å². The number of carbonyl (C=O) groups is 1. The Labute approximate surface area is 88.0 Å². The van der Waals surface area contributed by atoms with Gasteiger partial charge in [-0.15, -0.1) is 0 Å². The molecule has 0 unspecified atom stereocenters. The van der Waals surface area contributed by atoms with Gasteiger partial charge in [0.15, 0.2) is 0 Å². The molecule has 0 fully saturated rings. The van der Waals surface area contributed by atoms with Crippen molar-refractivity contribution in [1.29, 1.82) is 0 Å². The third-order valence-electron chi connectivity index (χ3n) is 2.85. The second kappa shape index (κ2) is 4.81. The van der Waals surface area contributed by atoms with Crippen LogP contribution < -0.4 is 0 Å². The molecule has 0 aliphatic carbocycles. The lowest BCUT2D eigenvalue weighted by Crippen LogP contribution is -2.37. The van der Waals surface area contributed by atoms with E-state index in [9.17, 15) is 4.79 Å². The molecule has 0 aliphatic rings. The minimum Gasteiger partial charge on any atom is -0.459 e. The largest absolute Gasteiger partial charge is 0.459 e. The number of rotatable bonds is 4. The molecule has 2 nitrogen and oxygen atoms in total. The zero-order chi connectivity index (χ0) is 11.4. The summed E-state index contributed by atoms with van der Waals surface area (Å²) in [5, 5.41) is 0. The normalized spacial score (nSPS) is 12.7. The second-order valence-electron chi connectivity index (χ2n) is 4.88. The van der Waals surface area contributed by atoms with Crippen molar-refractivity contribution >= 4 is 5.97 Å². The topological polar surface area (TPSA) is 26.3 Å². The van der Waals surface area contributed by atoms with Crippen molar-refractivity contribution in [1.82, 2.24) is 0 Å². The minimum absolute atomic E-state index is 0.0944. The third-order valence-corrected chi connectivity index (χ3v) is 2.85. The van der Waals surface area contributed by atoms with E-state index in [0.29, 0.717) is 0 Å². The van der Waals surface area contributed by atoms with Gasteiger partial charge in [0.05, 0.1) is 5.41 Å². The van der Waals surface area contributed by atoms with Crippen molar-refractivity contribution in [2.45, 2.75) is 66.4 Å². The van der Waals surface area contributed by atoms with E-state index >= 15 is 0 Å². The molecule has 0 atom stereocenters. The molecule has 0 bridgehead atoms. The van der Waals surface area contributed by atoms with E-state index in [1.807, 2.05) is 20.8 Å². The Hall–Kier alpha value is -0.530. The fourth-order valence-electron chi connectivity index (χ4n) is 1.32. The summed E-state index contributed by atoms with van der Waals surface area (Å²) < 4.78 is 5.61. The van der Waals surface area contributed by atoms with Crippen LogP contribution in [0.1, 0.15) is 60.8 Å². The minimum atomic E-state index is -0.398. The van der Waals surface area contributed by atoms with Crippen molar-refractivity contribution in [3.05, 3.63) is 0 Å². The number of hydrogen-bond acceptors (Lipinski definition) is 2. The summed E-state index contributed by atoms with van der Waals surface area (Å²) in [5.74, 6) is -0.0944. The highest BCUT2D eigenvalue weighted by Gasteiger charge is 2.33. The molecular formula is C12H24O2. The Kier molecular flexibility index (Phi) is 4.63. The zero-order valence-corrected chi connectivity index (χ0v) is 10.4. The summed E-state index contributed by atoms with van der Waals surface area (Å²) in [7, 11) is 0. The molecule has 84 valence electrons. The van der Waals surface area contributed by atoms with Gasteiger partial charge in [-0.25, -0.2) is 0 Å². The van der Waals surface area contributed by atoms with E-state index in [-0.39, 0.29) is 11.6 Å². The molecule has 0 heterocycles. The fraction of sp³-hybridized carbons (Fsp3) is 0.917. The number of carbonyl (C=O) groups excluding carboxylic acids is 1. The van der Waals surface area contributed by atoms with Crippen LogP contribution in [-0.4, -0.2) is 11.6 Å². The Morgan fingerprint density at radius 1 is 1.00 bits per heavy atom. The highest BCUT2D eigenvalue weighted by atomic mass is 16.6. The average Bonchev–Trinajstić information content (AvgIpc) is 2.12. The molecule has 0 saturated carbocycles. The van der Waals surface area contributed by atoms with Gasteiger partial charge in [0.25, 0.3) is 0 Å². The maximum Gasteiger partial charge on any atom is 0.311 e. The van der Waals surface area contributed by atoms with Gasteiger partial charge in [-0.1, -0.05) is 20.8 Å². The lowest BCUT2D eigenvalue weighted by Gasteiger charge is -2.33. The first-order chi connectivity index (χ1) is 6.31. The molecule has 0 spiro atoms. The Morgan fingerprint density at radius 2 is 1.36 bits per heavy atom. The van der Waals surface area contributed by atoms with Crippen molar-refractivity contribution in [2.24, 2.45) is 5.41 Å². The van der Waals surface area contributed by atoms with Crippen molar-refractivity contribution in [2.75, 3.05) is 0 Å². The van der Waals surface area contributed by atoms with Gasteiger partial charge in [-0.3, -0.25) is 4.79 Å². The quantitative estimate of drug-likeness (QED) is 0.649. The molecule has 14 heavy (non-hydrogen) atoms. The standard InChI is InChI=1S/C12H24O2/c1-7-12(8-2,9-3)14-10(13)11(4,5)6/h7-9H2,1-6H3. The van der Waals surface area contributed by atoms with Crippen LogP contribution in [-0.2, 0) is 9.53 Å². The summed E-state index contributed by atoms with van der Waals surface area (Å²) >= 11 is 0. The van der Waals surface area contributed by atoms with E-state index < -0.39 is 5.41 Å². The molecule has 0 saturated heterocycles. The highest BCUT2D eigenvalue weighted by molar-refractivity contribution is 5.75. The lowest BCUT2D eigenvalue weighted by molar-refractivity contribution is -0.171. The first-order valence-electron chi connectivity index (χ1n) is 5.54. The first kappa shape index (κ1) is 13.5. The molecule has 0 aliphatic heterocycles. The van der Waals surface area contributed by atoms with Crippen LogP contribution in [0.5, 0.6) is 0 Å². The average molecular weight is 200 g/mol. The van der Waals surface area contributed by atoms with Crippen molar-refractivity contribution < 1.29 is 9.53 Å². The third kappa shape index (κ3) is 3.32. The smallest absolute Gasteiger partial charge is 0.311 e. The number of ether oxygens (including phenoxy) is 1. The van der Waals surface area contributed by atoms with Gasteiger partial charge in [0, 0.05) is 0 Å². The van der Waals surface area contributed by atoms with Gasteiger partial charge in [0.1, 0.15) is 5.60 Å². The molecule has 0 aromatic rings. The zero-order valence-electron chi connectivity index (χ0n) is 10.4. The molecular weight excluding hydrogens is 176 g/mol. The van der Waals surface area contributed by atoms with Crippen molar-refractivity contribution in [3.63, 3.8) is 0 Å². The van der Waals surface area contributed by atoms with E-state index in [4.69, 9.17) is 4.74 Å². The maximum absolute atomic E-state index is 11.7. The molecule has 0 aromatic heterocycles. The van der Waals surface area contributed by atoms with Crippen LogP contribution in [0.2, 0.25) is 0 Å². The first-order valence-corrected chi connectivity index (χ1v) is 5.54. The molecule has 0 amide bonds. The molecule has 0 rings (SSSR count). The second-order valence-corrected chi connectivity index (χ2v) is 4.88. The summed E-state index contributed by atoms with van der Waals surface area (Å²) in [6, 6.07) is 0. The molecule has 0 N–H and O–H groups in total. The van der Waals surface area contributed by atoms with E-state index in [2.05, 4.69) is 20.8 Å². The van der Waals surface area contributed by atoms with Crippen LogP contribution in [0.3, 0.4) is 0 Å². The Morgan fingerprint density at radius 3 is 1.57 bits per heavy atom. The summed E-state index contributed by atoms with van der Waals surface area (Å²) in [5.41, 5.74) is -0.644. The van der Waals surface area contributed by atoms with Gasteiger partial charge in [-0.05, 0) is 40.0 Å². The van der Waals surface area contributed by atoms with Crippen LogP contribution in [0.15, 0.2) is 0 Å². The van der Waals surface area contributed by atoms with Crippen LogP contribution in [0, 0.1) is 5.41 Å². The van der Waals surface area contributed by atoms with Gasteiger partial charge >= 0.3 is 5.97 Å². The highest BCUT2D eigenvalue weighted by Crippen LogP contribution is 2.28. The fourth-order valence-corrected chi connectivity index (χ4v) is 1.32. The SMILES string of the molecule is CCC(CC)(CC)OC(=O)C(C)(C)C. The van der Waals surface area contributed by atoms with E-state index in [0.717, 1.165) is 19.3 Å². The number of hydrogen-bond donors (Lipinski definition) is 0. The van der Waals surface area contributed by atoms with Gasteiger partial charge in [-0.2, -0.15) is 0 Å². The predicted molar refractivity (Wildman–Crippen MR) is 59.2 cm³/mol.